The van der Waals surface area contributed by atoms with Crippen LogP contribution in [0.3, 0.4) is 0 Å². The fourth-order valence-corrected chi connectivity index (χ4v) is 1.19. The van der Waals surface area contributed by atoms with E-state index in [0.717, 1.165) is 6.42 Å². The molecule has 1 heterocycles. The topological polar surface area (TPSA) is 82.0 Å². The maximum atomic E-state index is 10.6. The summed E-state index contributed by atoms with van der Waals surface area (Å²) in [5.74, 6) is -0.00375. The molecule has 0 bridgehead atoms. The number of aryl methyl sites for hydroxylation is 1. The fourth-order valence-electron chi connectivity index (χ4n) is 1.19. The molecule has 0 unspecified atom stereocenters. The van der Waals surface area contributed by atoms with Crippen LogP contribution >= 0.6 is 0 Å². The van der Waals surface area contributed by atoms with Crippen molar-refractivity contribution in [2.24, 2.45) is 0 Å². The molecule has 13 heavy (non-hydrogen) atoms. The van der Waals surface area contributed by atoms with Crippen molar-refractivity contribution in [2.45, 2.75) is 19.8 Å². The van der Waals surface area contributed by atoms with Crippen LogP contribution in [0.4, 0.5) is 11.5 Å². The summed E-state index contributed by atoms with van der Waals surface area (Å²) in [5.41, 5.74) is 6.00. The van der Waals surface area contributed by atoms with Crippen molar-refractivity contribution < 1.29 is 4.92 Å². The highest BCUT2D eigenvalue weighted by Gasteiger charge is 2.17. The van der Waals surface area contributed by atoms with Gasteiger partial charge in [0.2, 0.25) is 5.82 Å². The third kappa shape index (κ3) is 1.93. The summed E-state index contributed by atoms with van der Waals surface area (Å²) < 4.78 is 0. The molecule has 70 valence electrons. The summed E-state index contributed by atoms with van der Waals surface area (Å²) in [6.07, 6.45) is 3.00. The first-order chi connectivity index (χ1) is 6.16. The van der Waals surface area contributed by atoms with Gasteiger partial charge in [-0.15, -0.1) is 0 Å². The van der Waals surface area contributed by atoms with E-state index in [4.69, 9.17) is 5.73 Å². The van der Waals surface area contributed by atoms with Crippen molar-refractivity contribution in [1.29, 1.82) is 0 Å². The first-order valence-corrected chi connectivity index (χ1v) is 4.04. The normalized spacial score (nSPS) is 9.92. The second kappa shape index (κ2) is 3.84. The molecule has 1 rings (SSSR count). The number of nitrogen functional groups attached to an aromatic ring is 1. The van der Waals surface area contributed by atoms with E-state index >= 15 is 0 Å². The van der Waals surface area contributed by atoms with Crippen LogP contribution in [0.1, 0.15) is 18.9 Å². The summed E-state index contributed by atoms with van der Waals surface area (Å²) in [7, 11) is 0. The van der Waals surface area contributed by atoms with Crippen molar-refractivity contribution in [1.82, 2.24) is 4.98 Å². The van der Waals surface area contributed by atoms with Crippen LogP contribution in [0, 0.1) is 10.1 Å². The maximum absolute atomic E-state index is 10.6. The van der Waals surface area contributed by atoms with E-state index in [1.165, 1.54) is 6.20 Å². The van der Waals surface area contributed by atoms with Gasteiger partial charge in [-0.25, -0.2) is 4.98 Å². The molecule has 0 aliphatic carbocycles. The SMILES string of the molecule is CCCc1ccnc(N)c1[N+](=O)[O-]. The van der Waals surface area contributed by atoms with Gasteiger partial charge in [0.15, 0.2) is 0 Å². The van der Waals surface area contributed by atoms with Gasteiger partial charge >= 0.3 is 5.69 Å². The van der Waals surface area contributed by atoms with Gasteiger partial charge in [0.25, 0.3) is 0 Å². The standard InChI is InChI=1S/C8H11N3O2/c1-2-3-6-4-5-10-8(9)7(6)11(12)13/h4-5H,2-3H2,1H3,(H2,9,10). The monoisotopic (exact) mass is 181 g/mol. The predicted octanol–water partition coefficient (Wildman–Crippen LogP) is 1.52. The van der Waals surface area contributed by atoms with Crippen LogP contribution in [-0.2, 0) is 6.42 Å². The van der Waals surface area contributed by atoms with Crippen molar-refractivity contribution >= 4 is 11.5 Å². The van der Waals surface area contributed by atoms with Gasteiger partial charge in [0.1, 0.15) is 0 Å². The predicted molar refractivity (Wildman–Crippen MR) is 49.3 cm³/mol. The minimum absolute atomic E-state index is 0.00375. The lowest BCUT2D eigenvalue weighted by Crippen LogP contribution is -2.02. The van der Waals surface area contributed by atoms with Crippen LogP contribution in [0.2, 0.25) is 0 Å². The Labute approximate surface area is 75.7 Å². The molecule has 0 spiro atoms. The molecular formula is C8H11N3O2. The Bertz CT molecular complexity index is 325. The minimum Gasteiger partial charge on any atom is -0.378 e. The molecule has 0 saturated carbocycles. The van der Waals surface area contributed by atoms with E-state index in [1.807, 2.05) is 6.92 Å². The molecule has 5 heteroatoms. The fraction of sp³-hybridized carbons (Fsp3) is 0.375. The molecular weight excluding hydrogens is 170 g/mol. The number of hydrogen-bond acceptors (Lipinski definition) is 4. The average molecular weight is 181 g/mol. The Morgan fingerprint density at radius 2 is 2.38 bits per heavy atom. The molecule has 0 aliphatic heterocycles. The number of aromatic nitrogens is 1. The summed E-state index contributed by atoms with van der Waals surface area (Å²) in [4.78, 5) is 13.8. The maximum Gasteiger partial charge on any atom is 0.314 e. The van der Waals surface area contributed by atoms with E-state index in [-0.39, 0.29) is 11.5 Å². The second-order valence-corrected chi connectivity index (χ2v) is 2.71. The number of rotatable bonds is 3. The zero-order chi connectivity index (χ0) is 9.84. The molecule has 0 radical (unpaired) electrons. The van der Waals surface area contributed by atoms with Crippen LogP contribution in [0.15, 0.2) is 12.3 Å². The van der Waals surface area contributed by atoms with Crippen molar-refractivity contribution in [3.05, 3.63) is 27.9 Å². The smallest absolute Gasteiger partial charge is 0.314 e. The Balaban J connectivity index is 3.17. The Morgan fingerprint density at radius 3 is 2.92 bits per heavy atom. The van der Waals surface area contributed by atoms with Gasteiger partial charge in [0.05, 0.1) is 4.92 Å². The number of nitro groups is 1. The van der Waals surface area contributed by atoms with E-state index < -0.39 is 4.92 Å². The summed E-state index contributed by atoms with van der Waals surface area (Å²) in [5, 5.41) is 10.6. The quantitative estimate of drug-likeness (QED) is 0.566. The molecule has 1 aromatic rings. The third-order valence-corrected chi connectivity index (χ3v) is 1.74. The summed E-state index contributed by atoms with van der Waals surface area (Å²) in [6, 6.07) is 1.64. The zero-order valence-electron chi connectivity index (χ0n) is 7.36. The van der Waals surface area contributed by atoms with Crippen LogP contribution < -0.4 is 5.73 Å². The molecule has 0 fully saturated rings. The van der Waals surface area contributed by atoms with E-state index in [1.54, 1.807) is 6.07 Å². The molecule has 0 saturated heterocycles. The van der Waals surface area contributed by atoms with Gasteiger partial charge in [-0.2, -0.15) is 0 Å². The number of pyridine rings is 1. The third-order valence-electron chi connectivity index (χ3n) is 1.74. The summed E-state index contributed by atoms with van der Waals surface area (Å²) in [6.45, 7) is 1.96. The van der Waals surface area contributed by atoms with Gasteiger partial charge in [-0.1, -0.05) is 13.3 Å². The second-order valence-electron chi connectivity index (χ2n) is 2.71. The number of anilines is 1. The molecule has 0 atom stereocenters. The Hall–Kier alpha value is -1.65. The molecule has 0 amide bonds. The number of hydrogen-bond donors (Lipinski definition) is 1. The molecule has 5 nitrogen and oxygen atoms in total. The van der Waals surface area contributed by atoms with Gasteiger partial charge in [-0.05, 0) is 12.5 Å². The highest BCUT2D eigenvalue weighted by Crippen LogP contribution is 2.24. The van der Waals surface area contributed by atoms with Crippen molar-refractivity contribution in [3.63, 3.8) is 0 Å². The van der Waals surface area contributed by atoms with Crippen LogP contribution in [0.5, 0.6) is 0 Å². The lowest BCUT2D eigenvalue weighted by Gasteiger charge is -2.01. The molecule has 2 N–H and O–H groups in total. The van der Waals surface area contributed by atoms with Gasteiger partial charge < -0.3 is 5.73 Å². The Morgan fingerprint density at radius 1 is 1.69 bits per heavy atom. The lowest BCUT2D eigenvalue weighted by molar-refractivity contribution is -0.384. The highest BCUT2D eigenvalue weighted by atomic mass is 16.6. The van der Waals surface area contributed by atoms with Gasteiger partial charge in [-0.3, -0.25) is 10.1 Å². The highest BCUT2D eigenvalue weighted by molar-refractivity contribution is 5.57. The molecule has 1 aromatic heterocycles. The number of nitrogens with zero attached hydrogens (tertiary/aromatic N) is 2. The largest absolute Gasteiger partial charge is 0.378 e. The minimum atomic E-state index is -0.479. The summed E-state index contributed by atoms with van der Waals surface area (Å²) >= 11 is 0. The molecule has 0 aliphatic rings. The van der Waals surface area contributed by atoms with Crippen molar-refractivity contribution in [3.8, 4) is 0 Å². The van der Waals surface area contributed by atoms with Crippen LogP contribution in [-0.4, -0.2) is 9.91 Å². The van der Waals surface area contributed by atoms with Crippen molar-refractivity contribution in [2.75, 3.05) is 5.73 Å². The average Bonchev–Trinajstić information content (AvgIpc) is 2.04. The van der Waals surface area contributed by atoms with E-state index in [2.05, 4.69) is 4.98 Å². The van der Waals surface area contributed by atoms with Gasteiger partial charge in [0, 0.05) is 11.8 Å². The van der Waals surface area contributed by atoms with E-state index in [0.29, 0.717) is 12.0 Å². The Kier molecular flexibility index (Phi) is 2.79. The zero-order valence-corrected chi connectivity index (χ0v) is 7.36. The first-order valence-electron chi connectivity index (χ1n) is 4.04. The van der Waals surface area contributed by atoms with Crippen LogP contribution in [0.25, 0.3) is 0 Å². The molecule has 0 aromatic carbocycles. The number of nitrogens with two attached hydrogens (primary N) is 1. The lowest BCUT2D eigenvalue weighted by atomic mass is 10.1. The van der Waals surface area contributed by atoms with E-state index in [9.17, 15) is 10.1 Å². The first kappa shape index (κ1) is 9.44.